The first-order chi connectivity index (χ1) is 17.1. The predicted octanol–water partition coefficient (Wildman–Crippen LogP) is 6.23. The normalized spacial score (nSPS) is 17.5. The van der Waals surface area contributed by atoms with Gasteiger partial charge in [0.2, 0.25) is 5.82 Å². The van der Waals surface area contributed by atoms with E-state index < -0.39 is 6.04 Å². The van der Waals surface area contributed by atoms with Crippen LogP contribution in [-0.2, 0) is 12.8 Å². The Morgan fingerprint density at radius 2 is 1.83 bits per heavy atom. The molecule has 5 nitrogen and oxygen atoms in total. The molecule has 1 atom stereocenters. The van der Waals surface area contributed by atoms with Crippen LogP contribution in [0.1, 0.15) is 42.0 Å². The van der Waals surface area contributed by atoms with Crippen molar-refractivity contribution in [1.82, 2.24) is 15.5 Å². The summed E-state index contributed by atoms with van der Waals surface area (Å²) >= 11 is 5.83. The summed E-state index contributed by atoms with van der Waals surface area (Å²) in [6.07, 6.45) is 3.36. The Hall–Kier alpha value is -3.84. The molecule has 1 unspecified atom stereocenters. The molecule has 1 aromatic heterocycles. The van der Waals surface area contributed by atoms with Gasteiger partial charge in [-0.25, -0.2) is 4.39 Å². The van der Waals surface area contributed by atoms with Crippen molar-refractivity contribution in [2.75, 3.05) is 4.90 Å². The lowest BCUT2D eigenvalue weighted by molar-refractivity contribution is 0.404. The Morgan fingerprint density at radius 1 is 1.00 bits per heavy atom. The number of thiocarbonyl (C=S) groups is 1. The molecule has 1 aliphatic heterocycles. The second-order valence-corrected chi connectivity index (χ2v) is 9.25. The summed E-state index contributed by atoms with van der Waals surface area (Å²) < 4.78 is 20.0. The van der Waals surface area contributed by atoms with Gasteiger partial charge < -0.3 is 9.84 Å². The summed E-state index contributed by atoms with van der Waals surface area (Å²) in [6, 6.07) is 22.2. The van der Waals surface area contributed by atoms with E-state index in [1.54, 1.807) is 6.07 Å². The number of aryl methyl sites for hydroxylation is 2. The maximum atomic E-state index is 14.2. The fraction of sp³-hybridized carbons (Fsp3) is 0.179. The monoisotopic (exact) mass is 482 g/mol. The highest BCUT2D eigenvalue weighted by molar-refractivity contribution is 7.80. The second kappa shape index (κ2) is 8.74. The van der Waals surface area contributed by atoms with Gasteiger partial charge in [-0.3, -0.25) is 4.90 Å². The van der Waals surface area contributed by atoms with Crippen LogP contribution in [0.25, 0.3) is 17.0 Å². The maximum Gasteiger partial charge on any atom is 0.258 e. The number of anilines is 1. The third kappa shape index (κ3) is 3.91. The van der Waals surface area contributed by atoms with E-state index in [1.807, 2.05) is 48.2 Å². The van der Waals surface area contributed by atoms with E-state index in [9.17, 15) is 4.39 Å². The van der Waals surface area contributed by atoms with E-state index in [0.29, 0.717) is 16.8 Å². The van der Waals surface area contributed by atoms with Crippen molar-refractivity contribution in [2.24, 2.45) is 0 Å². The van der Waals surface area contributed by atoms with E-state index in [-0.39, 0.29) is 5.82 Å². The van der Waals surface area contributed by atoms with Crippen LogP contribution in [0.3, 0.4) is 0 Å². The molecule has 35 heavy (non-hydrogen) atoms. The summed E-state index contributed by atoms with van der Waals surface area (Å²) in [5.41, 5.74) is 6.96. The second-order valence-electron chi connectivity index (χ2n) is 8.87. The number of nitrogens with one attached hydrogen (secondary N) is 1. The average molecular weight is 483 g/mol. The first-order valence-corrected chi connectivity index (χ1v) is 12.1. The number of nitrogens with zero attached hydrogens (tertiary/aromatic N) is 3. The smallest absolute Gasteiger partial charge is 0.258 e. The van der Waals surface area contributed by atoms with E-state index in [4.69, 9.17) is 21.7 Å². The van der Waals surface area contributed by atoms with Crippen molar-refractivity contribution in [2.45, 2.75) is 32.2 Å². The summed E-state index contributed by atoms with van der Waals surface area (Å²) in [7, 11) is 0. The Morgan fingerprint density at radius 3 is 2.66 bits per heavy atom. The number of hydrogen-bond donors (Lipinski definition) is 1. The minimum atomic E-state index is -0.437. The molecule has 0 spiro atoms. The van der Waals surface area contributed by atoms with Crippen LogP contribution in [0.2, 0.25) is 0 Å². The van der Waals surface area contributed by atoms with Crippen molar-refractivity contribution in [3.05, 3.63) is 107 Å². The number of aromatic nitrogens is 2. The Kier molecular flexibility index (Phi) is 5.41. The third-order valence-electron chi connectivity index (χ3n) is 6.70. The van der Waals surface area contributed by atoms with Crippen molar-refractivity contribution in [3.63, 3.8) is 0 Å². The van der Waals surface area contributed by atoms with Gasteiger partial charge in [0.05, 0.1) is 11.6 Å². The SMILES string of the molecule is CC1=C(c2nc(-c3ccccc3)no2)C(c2cccc(F)c2)NC(=S)N1c1ccc2c(c1)CCC2. The van der Waals surface area contributed by atoms with Crippen LogP contribution in [-0.4, -0.2) is 15.3 Å². The Bertz CT molecular complexity index is 1460. The van der Waals surface area contributed by atoms with Crippen molar-refractivity contribution in [1.29, 1.82) is 0 Å². The Labute approximate surface area is 208 Å². The number of halogens is 1. The molecule has 0 bridgehead atoms. The number of benzene rings is 3. The standard InChI is InChI=1S/C28H23FN4OS/c1-17-24(27-31-26(32-34-27)19-7-3-2-4-8-19)25(21-11-6-12-22(29)15-21)30-28(35)33(17)23-14-13-18-9-5-10-20(18)16-23/h2-4,6-8,11-16,25H,5,9-10H2,1H3,(H,30,35). The van der Waals surface area contributed by atoms with Crippen molar-refractivity contribution < 1.29 is 8.91 Å². The zero-order chi connectivity index (χ0) is 23.9. The molecule has 7 heteroatoms. The van der Waals surface area contributed by atoms with E-state index in [2.05, 4.69) is 28.7 Å². The molecule has 0 saturated heterocycles. The summed E-state index contributed by atoms with van der Waals surface area (Å²) in [5.74, 6) is 0.552. The molecule has 4 aromatic rings. The quantitative estimate of drug-likeness (QED) is 0.348. The molecular weight excluding hydrogens is 459 g/mol. The maximum absolute atomic E-state index is 14.2. The minimum absolute atomic E-state index is 0.316. The fourth-order valence-electron chi connectivity index (χ4n) is 5.00. The molecule has 1 aliphatic carbocycles. The van der Waals surface area contributed by atoms with Crippen LogP contribution in [0.15, 0.2) is 83.0 Å². The topological polar surface area (TPSA) is 54.2 Å². The molecule has 3 aromatic carbocycles. The minimum Gasteiger partial charge on any atom is -0.351 e. The molecule has 6 rings (SSSR count). The lowest BCUT2D eigenvalue weighted by Gasteiger charge is -2.37. The van der Waals surface area contributed by atoms with Crippen LogP contribution < -0.4 is 10.2 Å². The van der Waals surface area contributed by atoms with E-state index in [1.165, 1.54) is 29.7 Å². The van der Waals surface area contributed by atoms with Crippen LogP contribution >= 0.6 is 12.2 Å². The van der Waals surface area contributed by atoms with Gasteiger partial charge in [-0.05, 0) is 79.4 Å². The molecule has 0 radical (unpaired) electrons. The average Bonchev–Trinajstić information content (AvgIpc) is 3.54. The lowest BCUT2D eigenvalue weighted by Crippen LogP contribution is -2.46. The molecule has 0 fully saturated rings. The van der Waals surface area contributed by atoms with Gasteiger partial charge in [-0.1, -0.05) is 53.7 Å². The fourth-order valence-corrected chi connectivity index (χ4v) is 5.36. The zero-order valence-electron chi connectivity index (χ0n) is 19.2. The van der Waals surface area contributed by atoms with Crippen molar-refractivity contribution in [3.8, 4) is 11.4 Å². The third-order valence-corrected chi connectivity index (χ3v) is 7.00. The van der Waals surface area contributed by atoms with Gasteiger partial charge in [0.1, 0.15) is 5.82 Å². The highest BCUT2D eigenvalue weighted by Crippen LogP contribution is 2.40. The first-order valence-electron chi connectivity index (χ1n) is 11.7. The zero-order valence-corrected chi connectivity index (χ0v) is 20.0. The van der Waals surface area contributed by atoms with Gasteiger partial charge in [-0.2, -0.15) is 4.98 Å². The molecule has 2 aliphatic rings. The van der Waals surface area contributed by atoms with Gasteiger partial charge >= 0.3 is 0 Å². The number of rotatable bonds is 4. The van der Waals surface area contributed by atoms with Crippen LogP contribution in [0.5, 0.6) is 0 Å². The van der Waals surface area contributed by atoms with Gasteiger partial charge in [-0.15, -0.1) is 0 Å². The summed E-state index contributed by atoms with van der Waals surface area (Å²) in [4.78, 5) is 6.73. The van der Waals surface area contributed by atoms with E-state index in [0.717, 1.165) is 40.9 Å². The van der Waals surface area contributed by atoms with Gasteiger partial charge in [0.25, 0.3) is 5.89 Å². The molecule has 2 heterocycles. The molecule has 0 amide bonds. The molecule has 1 N–H and O–H groups in total. The number of allylic oxidation sites excluding steroid dienone is 1. The number of fused-ring (bicyclic) bond motifs is 1. The molecule has 174 valence electrons. The first kappa shape index (κ1) is 21.7. The summed E-state index contributed by atoms with van der Waals surface area (Å²) in [5, 5.41) is 8.18. The number of hydrogen-bond acceptors (Lipinski definition) is 4. The highest BCUT2D eigenvalue weighted by Gasteiger charge is 2.35. The predicted molar refractivity (Wildman–Crippen MR) is 138 cm³/mol. The molecule has 0 saturated carbocycles. The van der Waals surface area contributed by atoms with E-state index >= 15 is 0 Å². The van der Waals surface area contributed by atoms with Crippen LogP contribution in [0, 0.1) is 5.82 Å². The molecular formula is C28H23FN4OS. The lowest BCUT2D eigenvalue weighted by atomic mass is 9.94. The highest BCUT2D eigenvalue weighted by atomic mass is 32.1. The largest absolute Gasteiger partial charge is 0.351 e. The Balaban J connectivity index is 1.50. The van der Waals surface area contributed by atoms with Crippen LogP contribution in [0.4, 0.5) is 10.1 Å². The van der Waals surface area contributed by atoms with Gasteiger partial charge in [0.15, 0.2) is 5.11 Å². The summed E-state index contributed by atoms with van der Waals surface area (Å²) in [6.45, 7) is 1.99. The van der Waals surface area contributed by atoms with Gasteiger partial charge in [0, 0.05) is 16.9 Å². The van der Waals surface area contributed by atoms with Crippen molar-refractivity contribution >= 4 is 28.6 Å².